The Morgan fingerprint density at radius 1 is 1.44 bits per heavy atom. The molecule has 1 atom stereocenters. The molecular weight excluding hydrogens is 252 g/mol. The molecule has 96 valence electrons. The van der Waals surface area contributed by atoms with Crippen molar-refractivity contribution in [1.29, 1.82) is 0 Å². The van der Waals surface area contributed by atoms with E-state index in [0.29, 0.717) is 22.4 Å². The van der Waals surface area contributed by atoms with Crippen LogP contribution in [-0.2, 0) is 0 Å². The summed E-state index contributed by atoms with van der Waals surface area (Å²) in [5, 5.41) is 4.44. The zero-order valence-corrected chi connectivity index (χ0v) is 10.9. The highest BCUT2D eigenvalue weighted by Crippen LogP contribution is 2.19. The lowest BCUT2D eigenvalue weighted by atomic mass is 10.1. The number of hydrogen-bond donors (Lipinski definition) is 1. The van der Waals surface area contributed by atoms with Crippen molar-refractivity contribution >= 4 is 11.6 Å². The van der Waals surface area contributed by atoms with Gasteiger partial charge >= 0.3 is 0 Å². The first-order valence-corrected chi connectivity index (χ1v) is 6.29. The van der Waals surface area contributed by atoms with Crippen LogP contribution in [0.5, 0.6) is 0 Å². The molecule has 0 radical (unpaired) electrons. The summed E-state index contributed by atoms with van der Waals surface area (Å²) in [6.07, 6.45) is 4.52. The Kier molecular flexibility index (Phi) is 4.28. The van der Waals surface area contributed by atoms with Gasteiger partial charge in [-0.3, -0.25) is 4.98 Å². The number of hydrogen-bond acceptors (Lipinski definition) is 5. The molecule has 0 amide bonds. The summed E-state index contributed by atoms with van der Waals surface area (Å²) >= 11 is 5.77. The molecule has 2 aromatic heterocycles. The van der Waals surface area contributed by atoms with E-state index in [4.69, 9.17) is 21.9 Å². The molecule has 0 bridgehead atoms. The minimum atomic E-state index is -0.210. The Labute approximate surface area is 110 Å². The normalized spacial score (nSPS) is 12.6. The lowest BCUT2D eigenvalue weighted by Gasteiger charge is -2.03. The highest BCUT2D eigenvalue weighted by Gasteiger charge is 2.15. The SMILES string of the molecule is CCCCC(N)c1nc(-c2ccc(Cl)cn2)no1. The van der Waals surface area contributed by atoms with Crippen LogP contribution in [-0.4, -0.2) is 15.1 Å². The summed E-state index contributed by atoms with van der Waals surface area (Å²) in [6, 6.07) is 3.27. The second kappa shape index (κ2) is 5.93. The molecule has 2 heterocycles. The van der Waals surface area contributed by atoms with Crippen LogP contribution in [0.3, 0.4) is 0 Å². The van der Waals surface area contributed by atoms with E-state index in [1.54, 1.807) is 18.3 Å². The van der Waals surface area contributed by atoms with E-state index in [0.717, 1.165) is 19.3 Å². The summed E-state index contributed by atoms with van der Waals surface area (Å²) in [6.45, 7) is 2.11. The summed E-state index contributed by atoms with van der Waals surface area (Å²) in [4.78, 5) is 8.38. The van der Waals surface area contributed by atoms with Gasteiger partial charge in [0.05, 0.1) is 11.1 Å². The van der Waals surface area contributed by atoms with Crippen LogP contribution in [0.25, 0.3) is 11.5 Å². The monoisotopic (exact) mass is 266 g/mol. The lowest BCUT2D eigenvalue weighted by Crippen LogP contribution is -2.10. The molecule has 2 N–H and O–H groups in total. The summed E-state index contributed by atoms with van der Waals surface area (Å²) in [7, 11) is 0. The van der Waals surface area contributed by atoms with Gasteiger partial charge in [-0.2, -0.15) is 4.98 Å². The Hall–Kier alpha value is -1.46. The number of halogens is 1. The van der Waals surface area contributed by atoms with E-state index < -0.39 is 0 Å². The fourth-order valence-electron chi connectivity index (χ4n) is 1.55. The predicted octanol–water partition coefficient (Wildman–Crippen LogP) is 2.98. The molecule has 0 aliphatic carbocycles. The largest absolute Gasteiger partial charge is 0.337 e. The molecule has 0 aromatic carbocycles. The molecular formula is C12H15ClN4O. The van der Waals surface area contributed by atoms with Gasteiger partial charge in [0.1, 0.15) is 5.69 Å². The van der Waals surface area contributed by atoms with E-state index in [2.05, 4.69) is 22.0 Å². The Balaban J connectivity index is 2.12. The smallest absolute Gasteiger partial charge is 0.243 e. The number of nitrogens with two attached hydrogens (primary N) is 1. The number of rotatable bonds is 5. The van der Waals surface area contributed by atoms with Crippen molar-refractivity contribution in [3.05, 3.63) is 29.2 Å². The lowest BCUT2D eigenvalue weighted by molar-refractivity contribution is 0.346. The number of pyridine rings is 1. The summed E-state index contributed by atoms with van der Waals surface area (Å²) in [5.41, 5.74) is 6.58. The third-order valence-corrected chi connectivity index (χ3v) is 2.81. The second-order valence-electron chi connectivity index (χ2n) is 4.07. The van der Waals surface area contributed by atoms with Gasteiger partial charge in [0.15, 0.2) is 0 Å². The van der Waals surface area contributed by atoms with Crippen LogP contribution in [0.1, 0.15) is 38.1 Å². The second-order valence-corrected chi connectivity index (χ2v) is 4.50. The molecule has 0 aliphatic heterocycles. The van der Waals surface area contributed by atoms with E-state index >= 15 is 0 Å². The summed E-state index contributed by atoms with van der Waals surface area (Å²) < 4.78 is 5.15. The zero-order valence-electron chi connectivity index (χ0n) is 10.1. The maximum atomic E-state index is 5.96. The van der Waals surface area contributed by atoms with Gasteiger partial charge in [0.25, 0.3) is 0 Å². The van der Waals surface area contributed by atoms with Gasteiger partial charge in [0.2, 0.25) is 11.7 Å². The van der Waals surface area contributed by atoms with Crippen LogP contribution in [0.2, 0.25) is 5.02 Å². The average Bonchev–Trinajstić information content (AvgIpc) is 2.86. The molecule has 0 fully saturated rings. The van der Waals surface area contributed by atoms with Crippen LogP contribution in [0.15, 0.2) is 22.9 Å². The minimum Gasteiger partial charge on any atom is -0.337 e. The van der Waals surface area contributed by atoms with Gasteiger partial charge in [-0.1, -0.05) is 36.5 Å². The van der Waals surface area contributed by atoms with E-state index in [9.17, 15) is 0 Å². The molecule has 0 saturated carbocycles. The first-order chi connectivity index (χ1) is 8.70. The Morgan fingerprint density at radius 3 is 2.94 bits per heavy atom. The van der Waals surface area contributed by atoms with Crippen LogP contribution in [0, 0.1) is 0 Å². The van der Waals surface area contributed by atoms with Crippen LogP contribution < -0.4 is 5.73 Å². The van der Waals surface area contributed by atoms with Gasteiger partial charge < -0.3 is 10.3 Å². The van der Waals surface area contributed by atoms with Gasteiger partial charge in [-0.25, -0.2) is 0 Å². The predicted molar refractivity (Wildman–Crippen MR) is 69.0 cm³/mol. The standard InChI is InChI=1S/C12H15ClN4O/c1-2-3-4-9(14)12-16-11(17-18-12)10-6-5-8(13)7-15-10/h5-7,9H,2-4,14H2,1H3. The fraction of sp³-hybridized carbons (Fsp3) is 0.417. The van der Waals surface area contributed by atoms with Crippen molar-refractivity contribution in [3.63, 3.8) is 0 Å². The van der Waals surface area contributed by atoms with Crippen LogP contribution in [0.4, 0.5) is 0 Å². The zero-order chi connectivity index (χ0) is 13.0. The van der Waals surface area contributed by atoms with Crippen molar-refractivity contribution < 1.29 is 4.52 Å². The number of aromatic nitrogens is 3. The van der Waals surface area contributed by atoms with Gasteiger partial charge in [-0.15, -0.1) is 0 Å². The van der Waals surface area contributed by atoms with Gasteiger partial charge in [-0.05, 0) is 18.6 Å². The van der Waals surface area contributed by atoms with E-state index in [-0.39, 0.29) is 6.04 Å². The molecule has 6 heteroatoms. The average molecular weight is 267 g/mol. The van der Waals surface area contributed by atoms with Crippen molar-refractivity contribution in [3.8, 4) is 11.5 Å². The van der Waals surface area contributed by atoms with Crippen molar-refractivity contribution in [1.82, 2.24) is 15.1 Å². The molecule has 5 nitrogen and oxygen atoms in total. The summed E-state index contributed by atoms with van der Waals surface area (Å²) in [5.74, 6) is 0.892. The Bertz CT molecular complexity index is 497. The first-order valence-electron chi connectivity index (χ1n) is 5.92. The van der Waals surface area contributed by atoms with Crippen molar-refractivity contribution in [2.45, 2.75) is 32.2 Å². The molecule has 0 aliphatic rings. The third-order valence-electron chi connectivity index (χ3n) is 2.58. The quantitative estimate of drug-likeness (QED) is 0.900. The third kappa shape index (κ3) is 3.05. The first kappa shape index (κ1) is 13.0. The van der Waals surface area contributed by atoms with Gasteiger partial charge in [0, 0.05) is 6.20 Å². The highest BCUT2D eigenvalue weighted by atomic mass is 35.5. The van der Waals surface area contributed by atoms with Crippen LogP contribution >= 0.6 is 11.6 Å². The molecule has 0 spiro atoms. The number of unbranched alkanes of at least 4 members (excludes halogenated alkanes) is 1. The molecule has 2 rings (SSSR count). The maximum Gasteiger partial charge on any atom is 0.243 e. The molecule has 1 unspecified atom stereocenters. The van der Waals surface area contributed by atoms with E-state index in [1.165, 1.54) is 0 Å². The highest BCUT2D eigenvalue weighted by molar-refractivity contribution is 6.30. The van der Waals surface area contributed by atoms with Crippen molar-refractivity contribution in [2.24, 2.45) is 5.73 Å². The Morgan fingerprint density at radius 2 is 2.28 bits per heavy atom. The molecule has 2 aromatic rings. The maximum absolute atomic E-state index is 5.96. The number of nitrogens with zero attached hydrogens (tertiary/aromatic N) is 3. The minimum absolute atomic E-state index is 0.210. The molecule has 18 heavy (non-hydrogen) atoms. The van der Waals surface area contributed by atoms with Crippen molar-refractivity contribution in [2.75, 3.05) is 0 Å². The molecule has 0 saturated heterocycles. The fourth-order valence-corrected chi connectivity index (χ4v) is 1.66. The topological polar surface area (TPSA) is 77.8 Å². The van der Waals surface area contributed by atoms with E-state index in [1.807, 2.05) is 0 Å².